The largest absolute Gasteiger partial charge is 0.497 e. The van der Waals surface area contributed by atoms with E-state index in [0.717, 1.165) is 17.7 Å². The van der Waals surface area contributed by atoms with Gasteiger partial charge in [-0.3, -0.25) is 4.79 Å². The first-order chi connectivity index (χ1) is 13.2. The summed E-state index contributed by atoms with van der Waals surface area (Å²) < 4.78 is 47.6. The Bertz CT molecular complexity index is 802. The molecule has 2 aromatic carbocycles. The summed E-state index contributed by atoms with van der Waals surface area (Å²) in [6.45, 7) is 0. The maximum Gasteiger partial charge on any atom is 0.416 e. The van der Waals surface area contributed by atoms with Gasteiger partial charge in [0.05, 0.1) is 26.2 Å². The van der Waals surface area contributed by atoms with Crippen LogP contribution >= 0.6 is 0 Å². The molecule has 1 N–H and O–H groups in total. The van der Waals surface area contributed by atoms with Crippen molar-refractivity contribution in [2.75, 3.05) is 14.2 Å². The molecular formula is C20H20F3NO4. The van der Waals surface area contributed by atoms with Gasteiger partial charge in [-0.15, -0.1) is 0 Å². The number of carbonyl (C=O) groups is 2. The highest BCUT2D eigenvalue weighted by Crippen LogP contribution is 2.29. The van der Waals surface area contributed by atoms with E-state index in [4.69, 9.17) is 9.47 Å². The standard InChI is InChI=1S/C20H20F3NO4/c1-27-16-9-5-13(6-10-16)11-17(19(26)28-2)24-18(25)12-14-3-7-15(8-4-14)20(21,22)23/h3-10,17H,11-12H2,1-2H3,(H,24,25)/t17-/m1/s1. The molecule has 0 aliphatic rings. The fourth-order valence-electron chi connectivity index (χ4n) is 2.58. The number of esters is 1. The van der Waals surface area contributed by atoms with Gasteiger partial charge in [0, 0.05) is 6.42 Å². The summed E-state index contributed by atoms with van der Waals surface area (Å²) in [6.07, 6.45) is -4.39. The molecular weight excluding hydrogens is 375 g/mol. The van der Waals surface area contributed by atoms with Crippen LogP contribution in [0.4, 0.5) is 13.2 Å². The molecule has 150 valence electrons. The van der Waals surface area contributed by atoms with Gasteiger partial charge in [-0.25, -0.2) is 4.79 Å². The zero-order valence-corrected chi connectivity index (χ0v) is 15.4. The van der Waals surface area contributed by atoms with Gasteiger partial charge in [-0.05, 0) is 35.4 Å². The van der Waals surface area contributed by atoms with Crippen LogP contribution in [0.1, 0.15) is 16.7 Å². The van der Waals surface area contributed by atoms with Crippen molar-refractivity contribution in [3.63, 3.8) is 0 Å². The van der Waals surface area contributed by atoms with Gasteiger partial charge < -0.3 is 14.8 Å². The maximum absolute atomic E-state index is 12.6. The van der Waals surface area contributed by atoms with Gasteiger partial charge in [0.15, 0.2) is 0 Å². The van der Waals surface area contributed by atoms with Gasteiger partial charge >= 0.3 is 12.1 Å². The van der Waals surface area contributed by atoms with Gasteiger partial charge in [-0.2, -0.15) is 13.2 Å². The number of carbonyl (C=O) groups excluding carboxylic acids is 2. The normalized spacial score (nSPS) is 12.2. The molecule has 8 heteroatoms. The van der Waals surface area contributed by atoms with Crippen LogP contribution in [0.25, 0.3) is 0 Å². The number of nitrogens with one attached hydrogen (secondary N) is 1. The summed E-state index contributed by atoms with van der Waals surface area (Å²) in [4.78, 5) is 24.3. The molecule has 2 rings (SSSR count). The van der Waals surface area contributed by atoms with Crippen molar-refractivity contribution in [1.29, 1.82) is 0 Å². The lowest BCUT2D eigenvalue weighted by atomic mass is 10.0. The topological polar surface area (TPSA) is 64.6 Å². The van der Waals surface area contributed by atoms with Crippen molar-refractivity contribution in [2.45, 2.75) is 25.1 Å². The lowest BCUT2D eigenvalue weighted by Crippen LogP contribution is -2.43. The second kappa shape index (κ2) is 9.25. The van der Waals surface area contributed by atoms with E-state index in [-0.39, 0.29) is 12.8 Å². The third kappa shape index (κ3) is 6.00. The molecule has 0 aliphatic carbocycles. The van der Waals surface area contributed by atoms with E-state index < -0.39 is 29.7 Å². The van der Waals surface area contributed by atoms with Crippen molar-refractivity contribution in [2.24, 2.45) is 0 Å². The minimum atomic E-state index is -4.44. The van der Waals surface area contributed by atoms with E-state index >= 15 is 0 Å². The van der Waals surface area contributed by atoms with Crippen LogP contribution in [0.3, 0.4) is 0 Å². The van der Waals surface area contributed by atoms with Gasteiger partial charge in [-0.1, -0.05) is 24.3 Å². The summed E-state index contributed by atoms with van der Waals surface area (Å²) in [7, 11) is 2.75. The quantitative estimate of drug-likeness (QED) is 0.732. The second-order valence-corrected chi connectivity index (χ2v) is 6.07. The molecule has 0 saturated heterocycles. The van der Waals surface area contributed by atoms with Crippen LogP contribution in [-0.2, 0) is 33.3 Å². The Labute approximate surface area is 160 Å². The number of ether oxygens (including phenoxy) is 2. The predicted molar refractivity (Wildman–Crippen MR) is 95.8 cm³/mol. The zero-order valence-electron chi connectivity index (χ0n) is 15.4. The van der Waals surface area contributed by atoms with Crippen LogP contribution in [0, 0.1) is 0 Å². The molecule has 1 atom stereocenters. The number of amides is 1. The van der Waals surface area contributed by atoms with Crippen LogP contribution in [0.15, 0.2) is 48.5 Å². The van der Waals surface area contributed by atoms with E-state index in [9.17, 15) is 22.8 Å². The summed E-state index contributed by atoms with van der Waals surface area (Å²) in [5.41, 5.74) is 0.396. The molecule has 28 heavy (non-hydrogen) atoms. The zero-order chi connectivity index (χ0) is 20.7. The number of hydrogen-bond acceptors (Lipinski definition) is 4. The molecule has 5 nitrogen and oxygen atoms in total. The average Bonchev–Trinajstić information content (AvgIpc) is 2.67. The first-order valence-electron chi connectivity index (χ1n) is 8.39. The Morgan fingerprint density at radius 2 is 1.54 bits per heavy atom. The molecule has 0 bridgehead atoms. The first kappa shape index (κ1) is 21.3. The molecule has 0 aromatic heterocycles. The van der Waals surface area contributed by atoms with E-state index in [0.29, 0.717) is 11.3 Å². The molecule has 0 aliphatic heterocycles. The van der Waals surface area contributed by atoms with Crippen LogP contribution in [0.5, 0.6) is 5.75 Å². The van der Waals surface area contributed by atoms with E-state index in [2.05, 4.69) is 5.32 Å². The number of alkyl halides is 3. The molecule has 0 radical (unpaired) electrons. The van der Waals surface area contributed by atoms with Crippen molar-refractivity contribution < 1.29 is 32.2 Å². The monoisotopic (exact) mass is 395 g/mol. The highest BCUT2D eigenvalue weighted by Gasteiger charge is 2.30. The predicted octanol–water partition coefficient (Wildman–Crippen LogP) is 3.16. The number of rotatable bonds is 7. The van der Waals surface area contributed by atoms with Crippen LogP contribution in [0.2, 0.25) is 0 Å². The highest BCUT2D eigenvalue weighted by atomic mass is 19.4. The summed E-state index contributed by atoms with van der Waals surface area (Å²) in [5, 5.41) is 2.57. The summed E-state index contributed by atoms with van der Waals surface area (Å²) >= 11 is 0. The first-order valence-corrected chi connectivity index (χ1v) is 8.39. The number of halogens is 3. The van der Waals surface area contributed by atoms with E-state index in [1.165, 1.54) is 26.4 Å². The highest BCUT2D eigenvalue weighted by molar-refractivity contribution is 5.85. The number of benzene rings is 2. The second-order valence-electron chi connectivity index (χ2n) is 6.07. The van der Waals surface area contributed by atoms with E-state index in [1.54, 1.807) is 24.3 Å². The number of methoxy groups -OCH3 is 2. The molecule has 0 heterocycles. The molecule has 1 amide bonds. The fourth-order valence-corrected chi connectivity index (χ4v) is 2.58. The lowest BCUT2D eigenvalue weighted by Gasteiger charge is -2.17. The number of hydrogen-bond donors (Lipinski definition) is 1. The average molecular weight is 395 g/mol. The Morgan fingerprint density at radius 3 is 2.04 bits per heavy atom. The Balaban J connectivity index is 2.02. The van der Waals surface area contributed by atoms with Gasteiger partial charge in [0.25, 0.3) is 0 Å². The third-order valence-corrected chi connectivity index (χ3v) is 4.07. The SMILES string of the molecule is COC(=O)[C@@H](Cc1ccc(OC)cc1)NC(=O)Cc1ccc(C(F)(F)F)cc1. The molecule has 0 fully saturated rings. The molecule has 0 unspecified atom stereocenters. The van der Waals surface area contributed by atoms with Crippen molar-refractivity contribution in [3.8, 4) is 5.75 Å². The molecule has 2 aromatic rings. The molecule has 0 saturated carbocycles. The fraction of sp³-hybridized carbons (Fsp3) is 0.300. The Hall–Kier alpha value is -3.03. The van der Waals surface area contributed by atoms with Crippen molar-refractivity contribution in [3.05, 3.63) is 65.2 Å². The Kier molecular flexibility index (Phi) is 7.03. The Morgan fingerprint density at radius 1 is 0.964 bits per heavy atom. The minimum absolute atomic E-state index is 0.158. The minimum Gasteiger partial charge on any atom is -0.497 e. The van der Waals surface area contributed by atoms with Gasteiger partial charge in [0.1, 0.15) is 11.8 Å². The maximum atomic E-state index is 12.6. The van der Waals surface area contributed by atoms with Gasteiger partial charge in [0.2, 0.25) is 5.91 Å². The summed E-state index contributed by atoms with van der Waals surface area (Å²) in [5.74, 6) is -0.454. The van der Waals surface area contributed by atoms with E-state index in [1.807, 2.05) is 0 Å². The lowest BCUT2D eigenvalue weighted by molar-refractivity contribution is -0.145. The smallest absolute Gasteiger partial charge is 0.416 e. The van der Waals surface area contributed by atoms with Crippen molar-refractivity contribution >= 4 is 11.9 Å². The summed E-state index contributed by atoms with van der Waals surface area (Å²) in [6, 6.07) is 10.4. The van der Waals surface area contributed by atoms with Crippen LogP contribution in [-0.4, -0.2) is 32.1 Å². The van der Waals surface area contributed by atoms with Crippen LogP contribution < -0.4 is 10.1 Å². The molecule has 0 spiro atoms. The van der Waals surface area contributed by atoms with Crippen molar-refractivity contribution in [1.82, 2.24) is 5.32 Å². The third-order valence-electron chi connectivity index (χ3n) is 4.07.